The number of rotatable bonds is 10. The van der Waals surface area contributed by atoms with Crippen molar-refractivity contribution < 1.29 is 13.9 Å². The van der Waals surface area contributed by atoms with Gasteiger partial charge in [-0.1, -0.05) is 18.2 Å². The van der Waals surface area contributed by atoms with E-state index in [1.165, 1.54) is 5.56 Å². The first-order valence-corrected chi connectivity index (χ1v) is 8.74. The molecule has 0 fully saturated rings. The molecule has 26 heavy (non-hydrogen) atoms. The highest BCUT2D eigenvalue weighted by Crippen LogP contribution is 2.24. The van der Waals surface area contributed by atoms with Crippen molar-refractivity contribution in [3.8, 4) is 0 Å². The van der Waals surface area contributed by atoms with Gasteiger partial charge in [0.1, 0.15) is 11.3 Å². The van der Waals surface area contributed by atoms with Gasteiger partial charge in [0.15, 0.2) is 5.96 Å². The van der Waals surface area contributed by atoms with Crippen LogP contribution in [0.2, 0.25) is 0 Å². The van der Waals surface area contributed by atoms with Gasteiger partial charge in [0.2, 0.25) is 0 Å². The number of methoxy groups -OCH3 is 1. The molecule has 0 saturated carbocycles. The number of halogens is 1. The number of fused-ring (bicyclic) bond motifs is 1. The smallest absolute Gasteiger partial charge is 0.191 e. The summed E-state index contributed by atoms with van der Waals surface area (Å²) in [4.78, 5) is 4.25. The van der Waals surface area contributed by atoms with Crippen molar-refractivity contribution >= 4 is 40.9 Å². The molecule has 1 heterocycles. The molecule has 2 rings (SSSR count). The molecule has 7 heteroatoms. The molecule has 0 saturated heterocycles. The first kappa shape index (κ1) is 22.7. The van der Waals surface area contributed by atoms with Gasteiger partial charge in [0, 0.05) is 38.3 Å². The zero-order chi connectivity index (χ0) is 17.9. The van der Waals surface area contributed by atoms with Crippen molar-refractivity contribution in [2.75, 3.05) is 40.5 Å². The number of para-hydroxylation sites is 1. The molecule has 1 aromatic carbocycles. The van der Waals surface area contributed by atoms with E-state index in [9.17, 15) is 0 Å². The monoisotopic (exact) mass is 475 g/mol. The molecule has 6 nitrogen and oxygen atoms in total. The number of guanidine groups is 1. The minimum Gasteiger partial charge on any atom is -0.459 e. The second kappa shape index (κ2) is 12.9. The normalized spacial score (nSPS) is 11.4. The topological polar surface area (TPSA) is 68.0 Å². The molecule has 0 spiro atoms. The maximum Gasteiger partial charge on any atom is 0.191 e. The number of ether oxygens (including phenoxy) is 2. The van der Waals surface area contributed by atoms with Gasteiger partial charge in [0.25, 0.3) is 0 Å². The number of nitrogens with zero attached hydrogens (tertiary/aromatic N) is 1. The highest BCUT2D eigenvalue weighted by Gasteiger charge is 2.10. The van der Waals surface area contributed by atoms with Crippen LogP contribution in [0.1, 0.15) is 24.2 Å². The fraction of sp³-hybridized carbons (Fsp3) is 0.526. The zero-order valence-electron chi connectivity index (χ0n) is 15.8. The van der Waals surface area contributed by atoms with Crippen LogP contribution in [-0.2, 0) is 16.0 Å². The number of aliphatic imine (C=N–C) groups is 1. The van der Waals surface area contributed by atoms with Crippen LogP contribution in [0.25, 0.3) is 11.0 Å². The molecule has 146 valence electrons. The SMILES string of the molecule is CN=C(NCCCCOCCOC)NCc1oc2ccccc2c1C.I. The standard InChI is InChI=1S/C19H29N3O3.HI/c1-15-16-8-4-5-9-17(16)25-18(15)14-22-19(20-2)21-10-6-7-11-24-13-12-23-3;/h4-5,8-9H,6-7,10-14H2,1-3H3,(H2,20,21,22);1H. The minimum atomic E-state index is 0. The Bertz CT molecular complexity index is 673. The van der Waals surface area contributed by atoms with Gasteiger partial charge in [-0.15, -0.1) is 24.0 Å². The van der Waals surface area contributed by atoms with Crippen LogP contribution in [-0.4, -0.2) is 46.5 Å². The molecular weight excluding hydrogens is 445 g/mol. The number of furan rings is 1. The highest BCUT2D eigenvalue weighted by molar-refractivity contribution is 14.0. The predicted octanol–water partition coefficient (Wildman–Crippen LogP) is 3.47. The zero-order valence-corrected chi connectivity index (χ0v) is 18.2. The summed E-state index contributed by atoms with van der Waals surface area (Å²) in [6.07, 6.45) is 2.04. The van der Waals surface area contributed by atoms with Gasteiger partial charge in [0.05, 0.1) is 19.8 Å². The van der Waals surface area contributed by atoms with Crippen molar-refractivity contribution in [3.05, 3.63) is 35.6 Å². The third-order valence-corrected chi connectivity index (χ3v) is 4.02. The summed E-state index contributed by atoms with van der Waals surface area (Å²) < 4.78 is 16.3. The first-order valence-electron chi connectivity index (χ1n) is 8.74. The largest absolute Gasteiger partial charge is 0.459 e. The van der Waals surface area contributed by atoms with E-state index in [0.29, 0.717) is 19.8 Å². The summed E-state index contributed by atoms with van der Waals surface area (Å²) in [7, 11) is 3.45. The summed E-state index contributed by atoms with van der Waals surface area (Å²) in [5.41, 5.74) is 2.10. The van der Waals surface area contributed by atoms with Crippen molar-refractivity contribution in [1.29, 1.82) is 0 Å². The number of aryl methyl sites for hydroxylation is 1. The molecule has 0 atom stereocenters. The molecule has 2 N–H and O–H groups in total. The molecule has 0 aliphatic carbocycles. The van der Waals surface area contributed by atoms with Crippen LogP contribution >= 0.6 is 24.0 Å². The Morgan fingerprint density at radius 3 is 2.65 bits per heavy atom. The van der Waals surface area contributed by atoms with E-state index < -0.39 is 0 Å². The number of hydrogen-bond donors (Lipinski definition) is 2. The van der Waals surface area contributed by atoms with Gasteiger partial charge in [-0.2, -0.15) is 0 Å². The fourth-order valence-corrected chi connectivity index (χ4v) is 2.56. The Morgan fingerprint density at radius 1 is 1.12 bits per heavy atom. The Balaban J connectivity index is 0.00000338. The molecule has 0 aliphatic rings. The van der Waals surface area contributed by atoms with Gasteiger partial charge < -0.3 is 24.5 Å². The Hall–Kier alpha value is -1.32. The molecule has 0 bridgehead atoms. The highest BCUT2D eigenvalue weighted by atomic mass is 127. The van der Waals surface area contributed by atoms with E-state index in [-0.39, 0.29) is 24.0 Å². The van der Waals surface area contributed by atoms with Crippen LogP contribution in [0.15, 0.2) is 33.7 Å². The average molecular weight is 475 g/mol. The van der Waals surface area contributed by atoms with Crippen molar-refractivity contribution in [2.24, 2.45) is 4.99 Å². The molecule has 0 unspecified atom stereocenters. The second-order valence-electron chi connectivity index (χ2n) is 5.81. The number of benzene rings is 1. The van der Waals surface area contributed by atoms with E-state index in [1.807, 2.05) is 18.2 Å². The third-order valence-electron chi connectivity index (χ3n) is 4.02. The van der Waals surface area contributed by atoms with Gasteiger partial charge in [-0.05, 0) is 25.8 Å². The van der Waals surface area contributed by atoms with Gasteiger partial charge in [-0.3, -0.25) is 4.99 Å². The summed E-state index contributed by atoms with van der Waals surface area (Å²) >= 11 is 0. The van der Waals surface area contributed by atoms with Gasteiger partial charge in [-0.25, -0.2) is 0 Å². The lowest BCUT2D eigenvalue weighted by molar-refractivity contribution is 0.0689. The van der Waals surface area contributed by atoms with Crippen molar-refractivity contribution in [3.63, 3.8) is 0 Å². The first-order chi connectivity index (χ1) is 12.3. The molecule has 0 aliphatic heterocycles. The summed E-state index contributed by atoms with van der Waals surface area (Å²) in [6.45, 7) is 5.62. The number of hydrogen-bond acceptors (Lipinski definition) is 4. The lowest BCUT2D eigenvalue weighted by Gasteiger charge is -2.11. The average Bonchev–Trinajstić information content (AvgIpc) is 2.96. The Labute approximate surface area is 172 Å². The fourth-order valence-electron chi connectivity index (χ4n) is 2.56. The Morgan fingerprint density at radius 2 is 1.92 bits per heavy atom. The van der Waals surface area contributed by atoms with Crippen LogP contribution in [0, 0.1) is 6.92 Å². The van der Waals surface area contributed by atoms with Crippen molar-refractivity contribution in [1.82, 2.24) is 10.6 Å². The van der Waals surface area contributed by atoms with Crippen LogP contribution in [0.4, 0.5) is 0 Å². The summed E-state index contributed by atoms with van der Waals surface area (Å²) in [5, 5.41) is 7.78. The predicted molar refractivity (Wildman–Crippen MR) is 116 cm³/mol. The van der Waals surface area contributed by atoms with E-state index in [2.05, 4.69) is 28.6 Å². The second-order valence-corrected chi connectivity index (χ2v) is 5.81. The van der Waals surface area contributed by atoms with Gasteiger partial charge >= 0.3 is 0 Å². The Kier molecular flexibility index (Phi) is 11.3. The summed E-state index contributed by atoms with van der Waals surface area (Å²) in [5.74, 6) is 1.72. The van der Waals surface area contributed by atoms with E-state index in [4.69, 9.17) is 13.9 Å². The quantitative estimate of drug-likeness (QED) is 0.239. The van der Waals surface area contributed by atoms with E-state index in [0.717, 1.165) is 48.7 Å². The van der Waals surface area contributed by atoms with Crippen molar-refractivity contribution in [2.45, 2.75) is 26.3 Å². The maximum atomic E-state index is 5.91. The number of nitrogens with one attached hydrogen (secondary N) is 2. The molecule has 1 aromatic heterocycles. The molecular formula is C19H30IN3O3. The lowest BCUT2D eigenvalue weighted by Crippen LogP contribution is -2.37. The van der Waals surface area contributed by atoms with Crippen LogP contribution in [0.5, 0.6) is 0 Å². The minimum absolute atomic E-state index is 0. The van der Waals surface area contributed by atoms with Crippen LogP contribution < -0.4 is 10.6 Å². The molecule has 0 radical (unpaired) electrons. The maximum absolute atomic E-state index is 5.91. The molecule has 2 aromatic rings. The number of unbranched alkanes of at least 4 members (excludes halogenated alkanes) is 1. The van der Waals surface area contributed by atoms with E-state index >= 15 is 0 Å². The third kappa shape index (κ3) is 7.13. The molecule has 0 amide bonds. The van der Waals surface area contributed by atoms with Crippen LogP contribution in [0.3, 0.4) is 0 Å². The summed E-state index contributed by atoms with van der Waals surface area (Å²) in [6, 6.07) is 8.09. The van der Waals surface area contributed by atoms with E-state index in [1.54, 1.807) is 14.2 Å². The lowest BCUT2D eigenvalue weighted by atomic mass is 10.1.